The molecule has 0 unspecified atom stereocenters. The van der Waals surface area contributed by atoms with E-state index in [0.717, 1.165) is 31.4 Å². The van der Waals surface area contributed by atoms with E-state index in [-0.39, 0.29) is 17.7 Å². The summed E-state index contributed by atoms with van der Waals surface area (Å²) in [6.07, 6.45) is 5.80. The van der Waals surface area contributed by atoms with Crippen molar-refractivity contribution in [2.24, 2.45) is 11.8 Å². The Kier molecular flexibility index (Phi) is 3.44. The highest BCUT2D eigenvalue weighted by atomic mass is 32.1. The lowest BCUT2D eigenvalue weighted by Crippen LogP contribution is -2.29. The fraction of sp³-hybridized carbons (Fsp3) is 0.688. The minimum Gasteiger partial charge on any atom is -0.339 e. The van der Waals surface area contributed by atoms with Gasteiger partial charge in [-0.05, 0) is 38.0 Å². The molecule has 0 aromatic carbocycles. The number of rotatable bonds is 3. The number of likely N-dealkylation sites (tertiary alicyclic amines) is 1. The number of aromatic nitrogens is 1. The maximum atomic E-state index is 12.4. The summed E-state index contributed by atoms with van der Waals surface area (Å²) in [6, 6.07) is 0.402. The van der Waals surface area contributed by atoms with Crippen LogP contribution in [0.5, 0.6) is 0 Å². The number of aryl methyl sites for hydroxylation is 1. The molecule has 4 rings (SSSR count). The second kappa shape index (κ2) is 5.33. The van der Waals surface area contributed by atoms with Crippen LogP contribution in [0.3, 0.4) is 0 Å². The third-order valence-electron chi connectivity index (χ3n) is 4.93. The Labute approximate surface area is 134 Å². The minimum atomic E-state index is -0.215. The molecular weight excluding hydrogens is 298 g/mol. The van der Waals surface area contributed by atoms with Crippen molar-refractivity contribution in [3.63, 3.8) is 0 Å². The highest BCUT2D eigenvalue weighted by Gasteiger charge is 2.41. The van der Waals surface area contributed by atoms with Gasteiger partial charge in [-0.2, -0.15) is 0 Å². The fourth-order valence-corrected chi connectivity index (χ4v) is 4.62. The number of carbonyl (C=O) groups is 2. The molecule has 1 saturated carbocycles. The smallest absolute Gasteiger partial charge is 0.231 e. The average Bonchev–Trinajstić information content (AvgIpc) is 3.13. The molecule has 2 fully saturated rings. The molecule has 3 aliphatic rings. The Morgan fingerprint density at radius 1 is 1.32 bits per heavy atom. The summed E-state index contributed by atoms with van der Waals surface area (Å²) in [6.45, 7) is 2.84. The van der Waals surface area contributed by atoms with Gasteiger partial charge in [-0.15, -0.1) is 11.3 Å². The topological polar surface area (TPSA) is 62.3 Å². The van der Waals surface area contributed by atoms with Gasteiger partial charge >= 0.3 is 0 Å². The Balaban J connectivity index is 1.41. The summed E-state index contributed by atoms with van der Waals surface area (Å²) in [5, 5.41) is 3.66. The highest BCUT2D eigenvalue weighted by Crippen LogP contribution is 2.34. The van der Waals surface area contributed by atoms with E-state index in [1.54, 1.807) is 11.3 Å². The van der Waals surface area contributed by atoms with E-state index < -0.39 is 0 Å². The van der Waals surface area contributed by atoms with Crippen molar-refractivity contribution in [3.8, 4) is 0 Å². The van der Waals surface area contributed by atoms with Gasteiger partial charge in [0.1, 0.15) is 0 Å². The normalized spacial score (nSPS) is 27.9. The molecule has 0 radical (unpaired) electrons. The lowest BCUT2D eigenvalue weighted by Gasteiger charge is -2.15. The van der Waals surface area contributed by atoms with Crippen LogP contribution in [0.1, 0.15) is 43.2 Å². The van der Waals surface area contributed by atoms with Crippen LogP contribution < -0.4 is 5.32 Å². The van der Waals surface area contributed by atoms with Crippen LogP contribution in [-0.4, -0.2) is 34.3 Å². The number of fused-ring (bicyclic) bond motifs is 1. The molecule has 2 atom stereocenters. The summed E-state index contributed by atoms with van der Waals surface area (Å²) >= 11 is 1.60. The van der Waals surface area contributed by atoms with Gasteiger partial charge < -0.3 is 10.2 Å². The molecule has 1 saturated heterocycles. The van der Waals surface area contributed by atoms with Gasteiger partial charge in [0.05, 0.1) is 11.6 Å². The minimum absolute atomic E-state index is 0.0457. The van der Waals surface area contributed by atoms with E-state index >= 15 is 0 Å². The number of hydrogen-bond donors (Lipinski definition) is 1. The number of carbonyl (C=O) groups excluding carboxylic acids is 2. The van der Waals surface area contributed by atoms with Crippen LogP contribution in [0.4, 0.5) is 5.13 Å². The van der Waals surface area contributed by atoms with Crippen molar-refractivity contribution in [2.75, 3.05) is 11.9 Å². The van der Waals surface area contributed by atoms with Gasteiger partial charge in [0.2, 0.25) is 11.8 Å². The van der Waals surface area contributed by atoms with Crippen molar-refractivity contribution >= 4 is 28.3 Å². The van der Waals surface area contributed by atoms with Gasteiger partial charge in [-0.1, -0.05) is 6.92 Å². The largest absolute Gasteiger partial charge is 0.339 e. The SMILES string of the molecule is C[C@@H]1CCc2nc(NC(=O)[C@H]3CC(=O)N(C4CC4)C3)sc2C1. The zero-order valence-corrected chi connectivity index (χ0v) is 13.6. The molecule has 22 heavy (non-hydrogen) atoms. The number of anilines is 1. The second-order valence-corrected chi connectivity index (χ2v) is 7.99. The second-order valence-electron chi connectivity index (χ2n) is 6.90. The quantitative estimate of drug-likeness (QED) is 0.929. The summed E-state index contributed by atoms with van der Waals surface area (Å²) in [5.41, 5.74) is 1.15. The Bertz CT molecular complexity index is 623. The summed E-state index contributed by atoms with van der Waals surface area (Å²) in [5.74, 6) is 0.578. The van der Waals surface area contributed by atoms with Gasteiger partial charge in [0, 0.05) is 23.9 Å². The van der Waals surface area contributed by atoms with Crippen LogP contribution in [0.2, 0.25) is 0 Å². The van der Waals surface area contributed by atoms with Crippen molar-refractivity contribution in [2.45, 2.75) is 51.5 Å². The van der Waals surface area contributed by atoms with Crippen LogP contribution in [0, 0.1) is 11.8 Å². The number of nitrogens with one attached hydrogen (secondary N) is 1. The molecule has 118 valence electrons. The standard InChI is InChI=1S/C16H21N3O2S/c1-9-2-5-12-13(6-9)22-16(17-12)18-15(21)10-7-14(20)19(8-10)11-3-4-11/h9-11H,2-8H2,1H3,(H,17,18,21)/t9-,10+/m1/s1. The summed E-state index contributed by atoms with van der Waals surface area (Å²) in [7, 11) is 0. The Morgan fingerprint density at radius 3 is 2.91 bits per heavy atom. The molecule has 1 aromatic heterocycles. The maximum absolute atomic E-state index is 12.4. The number of amides is 2. The molecule has 6 heteroatoms. The molecular formula is C16H21N3O2S. The average molecular weight is 319 g/mol. The van der Waals surface area contributed by atoms with Crippen LogP contribution in [0.25, 0.3) is 0 Å². The number of nitrogens with zero attached hydrogens (tertiary/aromatic N) is 2. The van der Waals surface area contributed by atoms with E-state index in [1.165, 1.54) is 11.3 Å². The fourth-order valence-electron chi connectivity index (χ4n) is 3.45. The predicted octanol–water partition coefficient (Wildman–Crippen LogP) is 2.22. The van der Waals surface area contributed by atoms with E-state index in [0.29, 0.717) is 30.1 Å². The first-order valence-corrected chi connectivity index (χ1v) is 9.00. The molecule has 2 amide bonds. The van der Waals surface area contributed by atoms with Crippen LogP contribution in [0.15, 0.2) is 0 Å². The highest BCUT2D eigenvalue weighted by molar-refractivity contribution is 7.15. The van der Waals surface area contributed by atoms with Crippen molar-refractivity contribution in [1.82, 2.24) is 9.88 Å². The van der Waals surface area contributed by atoms with E-state index in [1.807, 2.05) is 4.90 Å². The Hall–Kier alpha value is -1.43. The van der Waals surface area contributed by atoms with Crippen LogP contribution in [-0.2, 0) is 22.4 Å². The molecule has 0 bridgehead atoms. The molecule has 1 aliphatic heterocycles. The van der Waals surface area contributed by atoms with Crippen molar-refractivity contribution < 1.29 is 9.59 Å². The first kappa shape index (κ1) is 14.2. The van der Waals surface area contributed by atoms with Gasteiger partial charge in [-0.3, -0.25) is 9.59 Å². The van der Waals surface area contributed by atoms with E-state index in [9.17, 15) is 9.59 Å². The zero-order valence-electron chi connectivity index (χ0n) is 12.8. The summed E-state index contributed by atoms with van der Waals surface area (Å²) in [4.78, 5) is 32.1. The van der Waals surface area contributed by atoms with E-state index in [4.69, 9.17) is 0 Å². The Morgan fingerprint density at radius 2 is 2.14 bits per heavy atom. The van der Waals surface area contributed by atoms with Crippen LogP contribution >= 0.6 is 11.3 Å². The van der Waals surface area contributed by atoms with Gasteiger partial charge in [0.25, 0.3) is 0 Å². The molecule has 5 nitrogen and oxygen atoms in total. The first-order chi connectivity index (χ1) is 10.6. The predicted molar refractivity (Wildman–Crippen MR) is 84.8 cm³/mol. The molecule has 2 heterocycles. The lowest BCUT2D eigenvalue weighted by atomic mass is 9.93. The van der Waals surface area contributed by atoms with E-state index in [2.05, 4.69) is 17.2 Å². The molecule has 0 spiro atoms. The lowest BCUT2D eigenvalue weighted by molar-refractivity contribution is -0.128. The summed E-state index contributed by atoms with van der Waals surface area (Å²) < 4.78 is 0. The van der Waals surface area contributed by atoms with Crippen molar-refractivity contribution in [3.05, 3.63) is 10.6 Å². The molecule has 2 aliphatic carbocycles. The number of hydrogen-bond acceptors (Lipinski definition) is 4. The molecule has 1 N–H and O–H groups in total. The third kappa shape index (κ3) is 2.64. The van der Waals surface area contributed by atoms with Gasteiger partial charge in [-0.25, -0.2) is 4.98 Å². The first-order valence-electron chi connectivity index (χ1n) is 8.19. The maximum Gasteiger partial charge on any atom is 0.231 e. The monoisotopic (exact) mass is 319 g/mol. The molecule has 1 aromatic rings. The number of thiazole rings is 1. The van der Waals surface area contributed by atoms with Crippen molar-refractivity contribution in [1.29, 1.82) is 0 Å². The van der Waals surface area contributed by atoms with Gasteiger partial charge in [0.15, 0.2) is 5.13 Å². The third-order valence-corrected chi connectivity index (χ3v) is 5.97. The zero-order chi connectivity index (χ0) is 15.3.